The van der Waals surface area contributed by atoms with Gasteiger partial charge >= 0.3 is 0 Å². The van der Waals surface area contributed by atoms with Crippen molar-refractivity contribution in [1.82, 2.24) is 5.01 Å². The van der Waals surface area contributed by atoms with Crippen molar-refractivity contribution in [3.05, 3.63) is 94.3 Å². The molecule has 2 aliphatic rings. The standard InChI is InChI=1S/C24H20ClFN2O2/c1-2-29-19-10-5-16(6-11-19)24-28-22(20-13-17(25)7-12-23(20)30-24)14-21(27-28)15-3-8-18(26)9-4-15/h3-13,22,24H,2,14H2,1H3/t22-,24-/m1/s1. The molecule has 30 heavy (non-hydrogen) atoms. The van der Waals surface area contributed by atoms with Gasteiger partial charge in [-0.3, -0.25) is 0 Å². The SMILES string of the molecule is CCOc1ccc([C@H]2Oc3ccc(Cl)cc3[C@H]3CC(c4ccc(F)cc4)=NN32)cc1. The summed E-state index contributed by atoms with van der Waals surface area (Å²) in [7, 11) is 0. The van der Waals surface area contributed by atoms with Crippen LogP contribution in [0.4, 0.5) is 4.39 Å². The van der Waals surface area contributed by atoms with Gasteiger partial charge in [-0.15, -0.1) is 0 Å². The Morgan fingerprint density at radius 1 is 1.10 bits per heavy atom. The number of halogens is 2. The predicted molar refractivity (Wildman–Crippen MR) is 115 cm³/mol. The second-order valence-corrected chi connectivity index (χ2v) is 7.74. The van der Waals surface area contributed by atoms with Gasteiger partial charge in [-0.1, -0.05) is 23.7 Å². The summed E-state index contributed by atoms with van der Waals surface area (Å²) < 4.78 is 25.3. The van der Waals surface area contributed by atoms with Crippen molar-refractivity contribution >= 4 is 17.3 Å². The number of fused-ring (bicyclic) bond motifs is 3. The molecule has 0 fully saturated rings. The molecule has 152 valence electrons. The number of ether oxygens (including phenoxy) is 2. The third-order valence-electron chi connectivity index (χ3n) is 5.41. The molecular formula is C24H20ClFN2O2. The monoisotopic (exact) mass is 422 g/mol. The Hall–Kier alpha value is -3.05. The molecule has 0 saturated carbocycles. The highest BCUT2D eigenvalue weighted by atomic mass is 35.5. The summed E-state index contributed by atoms with van der Waals surface area (Å²) in [5, 5.41) is 7.52. The van der Waals surface area contributed by atoms with Crippen LogP contribution in [-0.4, -0.2) is 17.3 Å². The van der Waals surface area contributed by atoms with Crippen molar-refractivity contribution in [3.63, 3.8) is 0 Å². The van der Waals surface area contributed by atoms with E-state index in [0.717, 1.165) is 33.9 Å². The fourth-order valence-corrected chi connectivity index (χ4v) is 4.17. The molecule has 0 bridgehead atoms. The van der Waals surface area contributed by atoms with Gasteiger partial charge in [0.05, 0.1) is 18.4 Å². The van der Waals surface area contributed by atoms with Crippen LogP contribution < -0.4 is 9.47 Å². The Morgan fingerprint density at radius 3 is 2.60 bits per heavy atom. The van der Waals surface area contributed by atoms with Gasteiger partial charge in [0.1, 0.15) is 17.3 Å². The second-order valence-electron chi connectivity index (χ2n) is 7.31. The van der Waals surface area contributed by atoms with E-state index in [2.05, 4.69) is 0 Å². The Bertz CT molecular complexity index is 1100. The molecule has 3 aromatic rings. The van der Waals surface area contributed by atoms with Gasteiger partial charge in [0.25, 0.3) is 0 Å². The molecule has 5 rings (SSSR count). The minimum atomic E-state index is -0.377. The number of rotatable bonds is 4. The van der Waals surface area contributed by atoms with E-state index in [1.165, 1.54) is 12.1 Å². The Kier molecular flexibility index (Phi) is 4.83. The molecule has 0 radical (unpaired) electrons. The molecule has 2 aliphatic heterocycles. The van der Waals surface area contributed by atoms with E-state index < -0.39 is 0 Å². The predicted octanol–water partition coefficient (Wildman–Crippen LogP) is 6.12. The Morgan fingerprint density at radius 2 is 1.87 bits per heavy atom. The summed E-state index contributed by atoms with van der Waals surface area (Å²) in [5.41, 5.74) is 3.78. The number of hydrazone groups is 1. The van der Waals surface area contributed by atoms with Gasteiger partial charge in [0, 0.05) is 22.6 Å². The lowest BCUT2D eigenvalue weighted by atomic mass is 9.96. The van der Waals surface area contributed by atoms with Crippen LogP contribution in [0.15, 0.2) is 71.8 Å². The van der Waals surface area contributed by atoms with Crippen molar-refractivity contribution in [1.29, 1.82) is 0 Å². The number of hydrogen-bond acceptors (Lipinski definition) is 4. The molecule has 0 unspecified atom stereocenters. The van der Waals surface area contributed by atoms with E-state index in [-0.39, 0.29) is 18.1 Å². The van der Waals surface area contributed by atoms with E-state index in [1.54, 1.807) is 12.1 Å². The zero-order valence-electron chi connectivity index (χ0n) is 16.4. The summed E-state index contributed by atoms with van der Waals surface area (Å²) in [6.45, 7) is 2.58. The Labute approximate surface area is 179 Å². The topological polar surface area (TPSA) is 34.1 Å². The van der Waals surface area contributed by atoms with Gasteiger partial charge in [0.15, 0.2) is 0 Å². The lowest BCUT2D eigenvalue weighted by Gasteiger charge is -2.38. The highest BCUT2D eigenvalue weighted by Gasteiger charge is 2.41. The molecular weight excluding hydrogens is 403 g/mol. The first-order chi connectivity index (χ1) is 14.6. The third kappa shape index (κ3) is 3.39. The van der Waals surface area contributed by atoms with Crippen LogP contribution in [-0.2, 0) is 0 Å². The van der Waals surface area contributed by atoms with Crippen molar-refractivity contribution in [2.45, 2.75) is 25.6 Å². The van der Waals surface area contributed by atoms with Crippen LogP contribution in [0.5, 0.6) is 11.5 Å². The highest BCUT2D eigenvalue weighted by Crippen LogP contribution is 2.48. The maximum Gasteiger partial charge on any atom is 0.213 e. The van der Waals surface area contributed by atoms with E-state index in [9.17, 15) is 4.39 Å². The lowest BCUT2D eigenvalue weighted by molar-refractivity contribution is -0.0190. The molecule has 0 N–H and O–H groups in total. The lowest BCUT2D eigenvalue weighted by Crippen LogP contribution is -2.33. The van der Waals surface area contributed by atoms with Crippen molar-refractivity contribution in [2.75, 3.05) is 6.61 Å². The van der Waals surface area contributed by atoms with Gasteiger partial charge in [-0.25, -0.2) is 9.40 Å². The van der Waals surface area contributed by atoms with E-state index >= 15 is 0 Å². The number of hydrogen-bond donors (Lipinski definition) is 0. The normalized spacial score (nSPS) is 19.6. The molecule has 0 aliphatic carbocycles. The Balaban J connectivity index is 1.55. The largest absolute Gasteiger partial charge is 0.494 e. The number of nitrogens with zero attached hydrogens (tertiary/aromatic N) is 2. The van der Waals surface area contributed by atoms with Crippen LogP contribution in [0, 0.1) is 5.82 Å². The first kappa shape index (κ1) is 18.9. The third-order valence-corrected chi connectivity index (χ3v) is 5.64. The van der Waals surface area contributed by atoms with Crippen LogP contribution in [0.1, 0.15) is 42.3 Å². The van der Waals surface area contributed by atoms with Gasteiger partial charge in [0.2, 0.25) is 6.23 Å². The van der Waals surface area contributed by atoms with E-state index in [4.69, 9.17) is 26.2 Å². The molecule has 3 aromatic carbocycles. The van der Waals surface area contributed by atoms with E-state index in [0.29, 0.717) is 18.1 Å². The van der Waals surface area contributed by atoms with Crippen LogP contribution in [0.25, 0.3) is 0 Å². The van der Waals surface area contributed by atoms with Crippen molar-refractivity contribution in [3.8, 4) is 11.5 Å². The summed E-state index contributed by atoms with van der Waals surface area (Å²) in [5.74, 6) is 1.36. The quantitative estimate of drug-likeness (QED) is 0.508. The summed E-state index contributed by atoms with van der Waals surface area (Å²) in [6.07, 6.45) is 0.313. The summed E-state index contributed by atoms with van der Waals surface area (Å²) in [4.78, 5) is 0. The van der Waals surface area contributed by atoms with E-state index in [1.807, 2.05) is 54.4 Å². The maximum atomic E-state index is 13.4. The maximum absolute atomic E-state index is 13.4. The smallest absolute Gasteiger partial charge is 0.213 e. The highest BCUT2D eigenvalue weighted by molar-refractivity contribution is 6.30. The summed E-state index contributed by atoms with van der Waals surface area (Å²) in [6, 6.07) is 20.0. The van der Waals surface area contributed by atoms with Crippen LogP contribution in [0.2, 0.25) is 5.02 Å². The molecule has 2 atom stereocenters. The molecule has 6 heteroatoms. The first-order valence-electron chi connectivity index (χ1n) is 9.93. The van der Waals surface area contributed by atoms with Gasteiger partial charge < -0.3 is 9.47 Å². The van der Waals surface area contributed by atoms with Gasteiger partial charge in [-0.2, -0.15) is 5.10 Å². The zero-order chi connectivity index (χ0) is 20.7. The molecule has 0 amide bonds. The molecule has 0 saturated heterocycles. The molecule has 0 spiro atoms. The minimum Gasteiger partial charge on any atom is -0.494 e. The molecule has 4 nitrogen and oxygen atoms in total. The van der Waals surface area contributed by atoms with Gasteiger partial charge in [-0.05, 0) is 67.1 Å². The van der Waals surface area contributed by atoms with Crippen molar-refractivity contribution < 1.29 is 13.9 Å². The molecule has 2 heterocycles. The fraction of sp³-hybridized carbons (Fsp3) is 0.208. The van der Waals surface area contributed by atoms with Crippen molar-refractivity contribution in [2.24, 2.45) is 5.10 Å². The fourth-order valence-electron chi connectivity index (χ4n) is 3.99. The molecule has 0 aromatic heterocycles. The average molecular weight is 423 g/mol. The second kappa shape index (κ2) is 7.65. The number of benzene rings is 3. The minimum absolute atomic E-state index is 0.0101. The summed E-state index contributed by atoms with van der Waals surface area (Å²) >= 11 is 6.27. The first-order valence-corrected chi connectivity index (χ1v) is 10.3. The van der Waals surface area contributed by atoms with Crippen LogP contribution >= 0.6 is 11.6 Å². The average Bonchev–Trinajstić information content (AvgIpc) is 3.20. The van der Waals surface area contributed by atoms with Crippen LogP contribution in [0.3, 0.4) is 0 Å². The zero-order valence-corrected chi connectivity index (χ0v) is 17.1.